The third kappa shape index (κ3) is 3.40. The molecule has 0 saturated heterocycles. The van der Waals surface area contributed by atoms with E-state index in [1.807, 2.05) is 43.5 Å². The molecule has 2 aromatic carbocycles. The minimum atomic E-state index is -0.518. The van der Waals surface area contributed by atoms with Crippen molar-refractivity contribution in [2.75, 3.05) is 10.6 Å². The maximum Gasteiger partial charge on any atom is 0.253 e. The van der Waals surface area contributed by atoms with Gasteiger partial charge in [-0.25, -0.2) is 0 Å². The Morgan fingerprint density at radius 2 is 1.57 bits per heavy atom. The first-order chi connectivity index (χ1) is 13.6. The van der Waals surface area contributed by atoms with Gasteiger partial charge in [0.15, 0.2) is 0 Å². The molecule has 0 spiro atoms. The van der Waals surface area contributed by atoms with E-state index in [0.29, 0.717) is 11.4 Å². The lowest BCUT2D eigenvalue weighted by molar-refractivity contribution is 0.880. The number of pyridine rings is 2. The van der Waals surface area contributed by atoms with Crippen LogP contribution in [0.4, 0.5) is 17.1 Å². The van der Waals surface area contributed by atoms with E-state index >= 15 is 0 Å². The highest BCUT2D eigenvalue weighted by atomic mass is 16.2. The molecule has 0 aliphatic carbocycles. The molecule has 0 aliphatic rings. The number of nitrogens with one attached hydrogen (secondary N) is 2. The minimum absolute atomic E-state index is 0.155. The number of hydrogen-bond acceptors (Lipinski definition) is 6. The second-order valence-corrected chi connectivity index (χ2v) is 6.50. The Morgan fingerprint density at radius 3 is 2.32 bits per heavy atom. The first-order valence-electron chi connectivity index (χ1n) is 8.91. The number of aromatic nitrogens is 2. The summed E-state index contributed by atoms with van der Waals surface area (Å²) in [6.45, 7) is 1.95. The molecule has 1 unspecified atom stereocenters. The van der Waals surface area contributed by atoms with Crippen molar-refractivity contribution >= 4 is 17.1 Å². The van der Waals surface area contributed by atoms with Gasteiger partial charge in [0, 0.05) is 36.5 Å². The van der Waals surface area contributed by atoms with Gasteiger partial charge in [0.25, 0.3) is 10.9 Å². The molecule has 0 saturated carbocycles. The van der Waals surface area contributed by atoms with Gasteiger partial charge in [0.1, 0.15) is 11.4 Å². The van der Waals surface area contributed by atoms with Crippen LogP contribution in [-0.2, 0) is 0 Å². The fraction of sp³-hybridized carbons (Fsp3) is 0.0909. The molecule has 1 atom stereocenters. The summed E-state index contributed by atoms with van der Waals surface area (Å²) < 4.78 is 0. The highest BCUT2D eigenvalue weighted by Gasteiger charge is 2.23. The van der Waals surface area contributed by atoms with Gasteiger partial charge in [-0.2, -0.15) is 0 Å². The zero-order valence-corrected chi connectivity index (χ0v) is 15.2. The molecule has 2 aromatic heterocycles. The van der Waals surface area contributed by atoms with E-state index in [1.54, 1.807) is 30.7 Å². The van der Waals surface area contributed by atoms with Gasteiger partial charge >= 0.3 is 0 Å². The van der Waals surface area contributed by atoms with Crippen molar-refractivity contribution in [2.24, 2.45) is 0 Å². The Bertz CT molecular complexity index is 1170. The molecule has 138 valence electrons. The average Bonchev–Trinajstić information content (AvgIpc) is 2.77. The number of nitrogens with zero attached hydrogens (tertiary/aromatic N) is 2. The molecule has 2 N–H and O–H groups in total. The Labute approximate surface area is 161 Å². The van der Waals surface area contributed by atoms with Crippen molar-refractivity contribution in [3.63, 3.8) is 0 Å². The molecule has 0 radical (unpaired) electrons. The number of rotatable bonds is 6. The van der Waals surface area contributed by atoms with Crippen LogP contribution in [-0.4, -0.2) is 9.97 Å². The fourth-order valence-corrected chi connectivity index (χ4v) is 3.05. The van der Waals surface area contributed by atoms with Crippen LogP contribution in [0.25, 0.3) is 11.1 Å². The average molecular weight is 370 g/mol. The zero-order valence-electron chi connectivity index (χ0n) is 15.2. The monoisotopic (exact) mass is 370 g/mol. The first kappa shape index (κ1) is 17.6. The maximum atomic E-state index is 12.1. The third-order valence-corrected chi connectivity index (χ3v) is 4.60. The molecule has 0 aliphatic heterocycles. The molecule has 4 aromatic rings. The normalized spacial score (nSPS) is 11.9. The Kier molecular flexibility index (Phi) is 4.68. The molecular weight excluding hydrogens is 352 g/mol. The number of hydrogen-bond donors (Lipinski definition) is 2. The second kappa shape index (κ2) is 7.44. The third-order valence-electron chi connectivity index (χ3n) is 4.60. The van der Waals surface area contributed by atoms with Crippen LogP contribution in [0.3, 0.4) is 0 Å². The molecular formula is C22H18N4O2. The van der Waals surface area contributed by atoms with Crippen LogP contribution >= 0.6 is 0 Å². The van der Waals surface area contributed by atoms with Gasteiger partial charge in [-0.05, 0) is 47.9 Å². The summed E-state index contributed by atoms with van der Waals surface area (Å²) in [5.41, 5.74) is 3.33. The van der Waals surface area contributed by atoms with Crippen molar-refractivity contribution in [2.45, 2.75) is 13.0 Å². The van der Waals surface area contributed by atoms with Gasteiger partial charge in [-0.15, -0.1) is 0 Å². The topological polar surface area (TPSA) is 84.0 Å². The largest absolute Gasteiger partial charge is 0.373 e. The summed E-state index contributed by atoms with van der Waals surface area (Å²) >= 11 is 0. The quantitative estimate of drug-likeness (QED) is 0.504. The van der Waals surface area contributed by atoms with Gasteiger partial charge in [0.05, 0.1) is 0 Å². The lowest BCUT2D eigenvalue weighted by Crippen LogP contribution is -2.37. The summed E-state index contributed by atoms with van der Waals surface area (Å²) in [6.07, 6.45) is 6.78. The minimum Gasteiger partial charge on any atom is -0.373 e. The van der Waals surface area contributed by atoms with Crippen molar-refractivity contribution < 1.29 is 0 Å². The molecule has 2 heterocycles. The predicted molar refractivity (Wildman–Crippen MR) is 111 cm³/mol. The van der Waals surface area contributed by atoms with E-state index in [9.17, 15) is 9.59 Å². The lowest BCUT2D eigenvalue weighted by Gasteiger charge is -2.20. The SMILES string of the molecule is CC(Nc1c(Nc2ccncc2)c(=O)c1=O)c1cccc(-c2cccnc2)c1. The molecule has 6 nitrogen and oxygen atoms in total. The number of benzene rings is 1. The Hall–Kier alpha value is -3.80. The smallest absolute Gasteiger partial charge is 0.253 e. The van der Waals surface area contributed by atoms with Crippen LogP contribution in [0.15, 0.2) is 82.9 Å². The van der Waals surface area contributed by atoms with Crippen molar-refractivity contribution in [1.82, 2.24) is 9.97 Å². The van der Waals surface area contributed by atoms with Crippen LogP contribution in [0.1, 0.15) is 18.5 Å². The predicted octanol–water partition coefficient (Wildman–Crippen LogP) is 3.66. The Morgan fingerprint density at radius 1 is 0.821 bits per heavy atom. The van der Waals surface area contributed by atoms with E-state index in [2.05, 4.69) is 26.7 Å². The number of anilines is 3. The molecule has 4 rings (SSSR count). The van der Waals surface area contributed by atoms with E-state index in [1.165, 1.54) is 0 Å². The van der Waals surface area contributed by atoms with Crippen molar-refractivity contribution in [3.05, 3.63) is 99.3 Å². The Balaban J connectivity index is 1.57. The highest BCUT2D eigenvalue weighted by molar-refractivity contribution is 5.79. The maximum absolute atomic E-state index is 12.1. The summed E-state index contributed by atoms with van der Waals surface area (Å²) in [6, 6.07) is 15.2. The van der Waals surface area contributed by atoms with E-state index in [4.69, 9.17) is 0 Å². The van der Waals surface area contributed by atoms with E-state index in [-0.39, 0.29) is 11.7 Å². The highest BCUT2D eigenvalue weighted by Crippen LogP contribution is 2.27. The summed E-state index contributed by atoms with van der Waals surface area (Å²) in [7, 11) is 0. The fourth-order valence-electron chi connectivity index (χ4n) is 3.05. The van der Waals surface area contributed by atoms with Crippen molar-refractivity contribution in [1.29, 1.82) is 0 Å². The summed E-state index contributed by atoms with van der Waals surface area (Å²) in [5.74, 6) is 0. The van der Waals surface area contributed by atoms with Crippen LogP contribution < -0.4 is 21.5 Å². The second-order valence-electron chi connectivity index (χ2n) is 6.50. The van der Waals surface area contributed by atoms with Crippen molar-refractivity contribution in [3.8, 4) is 11.1 Å². The summed E-state index contributed by atoms with van der Waals surface area (Å²) in [5, 5.41) is 6.18. The molecule has 0 fully saturated rings. The molecule has 0 bridgehead atoms. The standard InChI is InChI=1S/C22H18N4O2/c1-14(15-4-2-5-16(12-15)17-6-3-9-24-13-17)25-19-20(22(28)21(19)27)26-18-7-10-23-11-8-18/h2-14,25H,1H3,(H,23,26). The molecule has 0 amide bonds. The van der Waals surface area contributed by atoms with E-state index in [0.717, 1.165) is 16.7 Å². The first-order valence-corrected chi connectivity index (χ1v) is 8.91. The summed E-state index contributed by atoms with van der Waals surface area (Å²) in [4.78, 5) is 32.2. The van der Waals surface area contributed by atoms with Gasteiger partial charge in [0.2, 0.25) is 0 Å². The molecule has 6 heteroatoms. The van der Waals surface area contributed by atoms with Crippen LogP contribution in [0.2, 0.25) is 0 Å². The zero-order chi connectivity index (χ0) is 19.5. The van der Waals surface area contributed by atoms with Gasteiger partial charge in [-0.3, -0.25) is 19.6 Å². The molecule has 28 heavy (non-hydrogen) atoms. The van der Waals surface area contributed by atoms with Gasteiger partial charge in [-0.1, -0.05) is 24.3 Å². The van der Waals surface area contributed by atoms with E-state index < -0.39 is 10.9 Å². The van der Waals surface area contributed by atoms with Crippen LogP contribution in [0.5, 0.6) is 0 Å². The van der Waals surface area contributed by atoms with Gasteiger partial charge < -0.3 is 10.6 Å². The lowest BCUT2D eigenvalue weighted by atomic mass is 10.0. The van der Waals surface area contributed by atoms with Crippen LogP contribution in [0, 0.1) is 0 Å².